The SMILES string of the molecule is Clc1c(-c2ccccc2)c(-c2ccccc2)c(-c2ccccc2)c(-c2ccccc2)c1-c1ccccc1. The van der Waals surface area contributed by atoms with Crippen LogP contribution in [-0.4, -0.2) is 0 Å². The third-order valence-electron chi connectivity index (χ3n) is 6.75. The minimum Gasteiger partial charge on any atom is -0.0829 e. The average Bonchev–Trinajstić information content (AvgIpc) is 2.98. The van der Waals surface area contributed by atoms with E-state index in [2.05, 4.69) is 140 Å². The van der Waals surface area contributed by atoms with Crippen molar-refractivity contribution < 1.29 is 0 Å². The molecule has 0 aliphatic heterocycles. The smallest absolute Gasteiger partial charge is 0.0575 e. The Morgan fingerprint density at radius 3 is 0.676 bits per heavy atom. The van der Waals surface area contributed by atoms with Crippen LogP contribution in [-0.2, 0) is 0 Å². The van der Waals surface area contributed by atoms with Gasteiger partial charge in [0.05, 0.1) is 5.02 Å². The second-order valence-corrected chi connectivity index (χ2v) is 9.40. The van der Waals surface area contributed by atoms with Crippen LogP contribution in [0.1, 0.15) is 0 Å². The van der Waals surface area contributed by atoms with Crippen LogP contribution in [0.2, 0.25) is 5.02 Å². The Morgan fingerprint density at radius 2 is 0.432 bits per heavy atom. The molecule has 6 aromatic carbocycles. The van der Waals surface area contributed by atoms with Crippen molar-refractivity contribution in [1.82, 2.24) is 0 Å². The molecule has 0 heterocycles. The third-order valence-corrected chi connectivity index (χ3v) is 7.13. The van der Waals surface area contributed by atoms with Crippen molar-refractivity contribution in [1.29, 1.82) is 0 Å². The predicted octanol–water partition coefficient (Wildman–Crippen LogP) is 10.7. The van der Waals surface area contributed by atoms with Gasteiger partial charge in [-0.2, -0.15) is 0 Å². The molecular weight excluding hydrogens is 468 g/mol. The van der Waals surface area contributed by atoms with Gasteiger partial charge in [-0.15, -0.1) is 0 Å². The molecule has 0 amide bonds. The van der Waals surface area contributed by atoms with Gasteiger partial charge >= 0.3 is 0 Å². The Kier molecular flexibility index (Phi) is 6.42. The highest BCUT2D eigenvalue weighted by Gasteiger charge is 2.27. The molecule has 0 spiro atoms. The van der Waals surface area contributed by atoms with Crippen molar-refractivity contribution in [2.75, 3.05) is 0 Å². The lowest BCUT2D eigenvalue weighted by molar-refractivity contribution is 1.53. The number of halogens is 1. The van der Waals surface area contributed by atoms with Gasteiger partial charge in [0.1, 0.15) is 0 Å². The first-order valence-electron chi connectivity index (χ1n) is 12.5. The lowest BCUT2D eigenvalue weighted by atomic mass is 9.79. The second kappa shape index (κ2) is 10.3. The summed E-state index contributed by atoms with van der Waals surface area (Å²) in [4.78, 5) is 0. The van der Waals surface area contributed by atoms with Crippen LogP contribution in [0.5, 0.6) is 0 Å². The van der Waals surface area contributed by atoms with Gasteiger partial charge in [0.2, 0.25) is 0 Å². The lowest BCUT2D eigenvalue weighted by Gasteiger charge is -2.26. The zero-order valence-corrected chi connectivity index (χ0v) is 21.1. The molecule has 0 bridgehead atoms. The maximum Gasteiger partial charge on any atom is 0.0575 e. The van der Waals surface area contributed by atoms with Crippen LogP contribution in [0, 0.1) is 0 Å². The minimum atomic E-state index is 0.759. The van der Waals surface area contributed by atoms with E-state index in [4.69, 9.17) is 11.6 Å². The molecular formula is C36H25Cl. The Balaban J connectivity index is 1.89. The molecule has 0 saturated carbocycles. The molecule has 0 atom stereocenters. The molecule has 37 heavy (non-hydrogen) atoms. The predicted molar refractivity (Wildman–Crippen MR) is 159 cm³/mol. The summed E-state index contributed by atoms with van der Waals surface area (Å²) in [6, 6.07) is 53.0. The van der Waals surface area contributed by atoms with Crippen molar-refractivity contribution in [3.8, 4) is 55.6 Å². The van der Waals surface area contributed by atoms with E-state index in [0.717, 1.165) is 55.1 Å². The monoisotopic (exact) mass is 492 g/mol. The number of rotatable bonds is 5. The van der Waals surface area contributed by atoms with Crippen LogP contribution < -0.4 is 0 Å². The molecule has 0 saturated heterocycles. The van der Waals surface area contributed by atoms with Crippen molar-refractivity contribution in [3.05, 3.63) is 157 Å². The number of benzene rings is 6. The fourth-order valence-corrected chi connectivity index (χ4v) is 5.56. The van der Waals surface area contributed by atoms with Crippen molar-refractivity contribution >= 4 is 11.6 Å². The molecule has 0 aliphatic carbocycles. The Morgan fingerprint density at radius 1 is 0.243 bits per heavy atom. The normalized spacial score (nSPS) is 10.8. The van der Waals surface area contributed by atoms with Gasteiger partial charge in [-0.3, -0.25) is 0 Å². The largest absolute Gasteiger partial charge is 0.0829 e. The summed E-state index contributed by atoms with van der Waals surface area (Å²) in [5.74, 6) is 0. The van der Waals surface area contributed by atoms with Gasteiger partial charge < -0.3 is 0 Å². The Bertz CT molecular complexity index is 1520. The molecule has 176 valence electrons. The van der Waals surface area contributed by atoms with Crippen LogP contribution in [0.3, 0.4) is 0 Å². The molecule has 0 aromatic heterocycles. The zero-order valence-electron chi connectivity index (χ0n) is 20.3. The first-order valence-corrected chi connectivity index (χ1v) is 12.9. The Hall–Kier alpha value is -4.39. The molecule has 0 aliphatic rings. The van der Waals surface area contributed by atoms with Crippen LogP contribution in [0.15, 0.2) is 152 Å². The molecule has 6 aromatic rings. The third kappa shape index (κ3) is 4.37. The summed E-state index contributed by atoms with van der Waals surface area (Å²) in [5, 5.41) is 0.759. The first kappa shape index (κ1) is 23.0. The van der Waals surface area contributed by atoms with Crippen molar-refractivity contribution in [3.63, 3.8) is 0 Å². The summed E-state index contributed by atoms with van der Waals surface area (Å²) in [5.41, 5.74) is 11.2. The fourth-order valence-electron chi connectivity index (χ4n) is 5.15. The number of hydrogen-bond acceptors (Lipinski definition) is 0. The van der Waals surface area contributed by atoms with Crippen molar-refractivity contribution in [2.24, 2.45) is 0 Å². The fraction of sp³-hybridized carbons (Fsp3) is 0. The topological polar surface area (TPSA) is 0 Å². The van der Waals surface area contributed by atoms with E-state index in [9.17, 15) is 0 Å². The minimum absolute atomic E-state index is 0.759. The van der Waals surface area contributed by atoms with Crippen molar-refractivity contribution in [2.45, 2.75) is 0 Å². The van der Waals surface area contributed by atoms with Gasteiger partial charge in [0.15, 0.2) is 0 Å². The van der Waals surface area contributed by atoms with Crippen LogP contribution >= 0.6 is 11.6 Å². The van der Waals surface area contributed by atoms with E-state index in [1.54, 1.807) is 0 Å². The van der Waals surface area contributed by atoms with Crippen LogP contribution in [0.25, 0.3) is 55.6 Å². The Labute approximate surface area is 223 Å². The van der Waals surface area contributed by atoms with Gasteiger partial charge in [-0.25, -0.2) is 0 Å². The van der Waals surface area contributed by atoms with Gasteiger partial charge in [0.25, 0.3) is 0 Å². The second-order valence-electron chi connectivity index (χ2n) is 9.02. The summed E-state index contributed by atoms with van der Waals surface area (Å²) in [7, 11) is 0. The quantitative estimate of drug-likeness (QED) is 0.224. The molecule has 1 heteroatoms. The summed E-state index contributed by atoms with van der Waals surface area (Å²) in [6.07, 6.45) is 0. The summed E-state index contributed by atoms with van der Waals surface area (Å²) >= 11 is 7.55. The molecule has 0 unspecified atom stereocenters. The highest BCUT2D eigenvalue weighted by atomic mass is 35.5. The lowest BCUT2D eigenvalue weighted by Crippen LogP contribution is -1.99. The molecule has 0 fully saturated rings. The summed E-state index contributed by atoms with van der Waals surface area (Å²) < 4.78 is 0. The maximum atomic E-state index is 7.55. The van der Waals surface area contributed by atoms with E-state index >= 15 is 0 Å². The molecule has 0 N–H and O–H groups in total. The van der Waals surface area contributed by atoms with Crippen LogP contribution in [0.4, 0.5) is 0 Å². The van der Waals surface area contributed by atoms with E-state index in [1.165, 1.54) is 5.56 Å². The molecule has 6 rings (SSSR count). The summed E-state index contributed by atoms with van der Waals surface area (Å²) in [6.45, 7) is 0. The molecule has 0 nitrogen and oxygen atoms in total. The number of hydrogen-bond donors (Lipinski definition) is 0. The van der Waals surface area contributed by atoms with Gasteiger partial charge in [-0.1, -0.05) is 163 Å². The van der Waals surface area contributed by atoms with E-state index in [1.807, 2.05) is 12.1 Å². The highest BCUT2D eigenvalue weighted by Crippen LogP contribution is 2.54. The van der Waals surface area contributed by atoms with Gasteiger partial charge in [0, 0.05) is 11.1 Å². The highest BCUT2D eigenvalue weighted by molar-refractivity contribution is 6.38. The molecule has 0 radical (unpaired) electrons. The standard InChI is InChI=1S/C36H25Cl/c37-36-34(29-22-12-4-13-23-29)32(27-18-8-2-9-19-27)31(26-16-6-1-7-17-26)33(28-20-10-3-11-21-28)35(36)30-24-14-5-15-25-30/h1-25H. The van der Waals surface area contributed by atoms with E-state index in [0.29, 0.717) is 0 Å². The maximum absolute atomic E-state index is 7.55. The zero-order chi connectivity index (χ0) is 25.0. The first-order chi connectivity index (χ1) is 18.3. The van der Waals surface area contributed by atoms with E-state index < -0.39 is 0 Å². The van der Waals surface area contributed by atoms with Gasteiger partial charge in [-0.05, 0) is 44.5 Å². The average molecular weight is 493 g/mol. The van der Waals surface area contributed by atoms with E-state index in [-0.39, 0.29) is 0 Å².